The van der Waals surface area contributed by atoms with Crippen molar-refractivity contribution in [3.05, 3.63) is 58.4 Å². The van der Waals surface area contributed by atoms with Crippen molar-refractivity contribution in [1.82, 2.24) is 15.2 Å². The highest BCUT2D eigenvalue weighted by molar-refractivity contribution is 5.94. The van der Waals surface area contributed by atoms with Gasteiger partial charge in [-0.3, -0.25) is 14.7 Å². The number of aromatic nitrogens is 1. The zero-order valence-corrected chi connectivity index (χ0v) is 16.4. The number of nitrogens with zero attached hydrogens (tertiary/aromatic N) is 2. The van der Waals surface area contributed by atoms with E-state index in [-0.39, 0.29) is 5.91 Å². The van der Waals surface area contributed by atoms with E-state index in [0.717, 1.165) is 42.2 Å². The van der Waals surface area contributed by atoms with Gasteiger partial charge in [-0.1, -0.05) is 26.0 Å². The Morgan fingerprint density at radius 3 is 2.38 bits per heavy atom. The van der Waals surface area contributed by atoms with Crippen LogP contribution in [0.1, 0.15) is 46.6 Å². The van der Waals surface area contributed by atoms with E-state index >= 15 is 0 Å². The Balaban J connectivity index is 2.00. The summed E-state index contributed by atoms with van der Waals surface area (Å²) in [4.78, 5) is 19.2. The first-order chi connectivity index (χ1) is 12.5. The fourth-order valence-corrected chi connectivity index (χ4v) is 2.98. The molecule has 1 amide bonds. The van der Waals surface area contributed by atoms with Gasteiger partial charge in [0.25, 0.3) is 5.91 Å². The van der Waals surface area contributed by atoms with E-state index in [1.165, 1.54) is 5.56 Å². The number of carbonyl (C=O) groups excluding carboxylic acids is 1. The molecule has 1 aromatic carbocycles. The third-order valence-corrected chi connectivity index (χ3v) is 4.68. The van der Waals surface area contributed by atoms with Crippen LogP contribution in [0.4, 0.5) is 0 Å². The number of carbonyl (C=O) groups is 1. The maximum absolute atomic E-state index is 12.4. The van der Waals surface area contributed by atoms with E-state index in [9.17, 15) is 4.79 Å². The normalized spacial score (nSPS) is 10.8. The highest BCUT2D eigenvalue weighted by Gasteiger charge is 2.11. The summed E-state index contributed by atoms with van der Waals surface area (Å²) in [5.41, 5.74) is 4.64. The van der Waals surface area contributed by atoms with Gasteiger partial charge in [0.15, 0.2) is 0 Å². The average molecular weight is 355 g/mol. The molecule has 5 nitrogen and oxygen atoms in total. The Bertz CT molecular complexity index is 738. The largest absolute Gasteiger partial charge is 0.496 e. The number of pyridine rings is 1. The zero-order chi connectivity index (χ0) is 19.1. The van der Waals surface area contributed by atoms with Gasteiger partial charge in [-0.05, 0) is 44.6 Å². The van der Waals surface area contributed by atoms with E-state index in [1.807, 2.05) is 38.1 Å². The molecule has 0 fully saturated rings. The molecule has 0 spiro atoms. The second-order valence-corrected chi connectivity index (χ2v) is 6.39. The summed E-state index contributed by atoms with van der Waals surface area (Å²) in [6.45, 7) is 11.5. The molecule has 0 unspecified atom stereocenters. The minimum Gasteiger partial charge on any atom is -0.496 e. The van der Waals surface area contributed by atoms with Crippen LogP contribution in [0.5, 0.6) is 5.75 Å². The predicted octanol–water partition coefficient (Wildman–Crippen LogP) is 3.48. The van der Waals surface area contributed by atoms with Crippen LogP contribution in [0, 0.1) is 13.8 Å². The number of nitrogens with one attached hydrogen (secondary N) is 1. The van der Waals surface area contributed by atoms with Gasteiger partial charge in [-0.25, -0.2) is 0 Å². The molecule has 1 heterocycles. The standard InChI is InChI=1S/C21H29N3O2/c1-6-24(7-2)14-17-8-10-18(11-9-17)21(25)23-13-19-16(4)20(26-5)15(3)12-22-19/h8-12H,6-7,13-14H2,1-5H3,(H,23,25). The first-order valence-electron chi connectivity index (χ1n) is 9.08. The Morgan fingerprint density at radius 1 is 1.15 bits per heavy atom. The number of benzene rings is 1. The maximum Gasteiger partial charge on any atom is 0.251 e. The lowest BCUT2D eigenvalue weighted by Crippen LogP contribution is -2.24. The molecule has 0 bridgehead atoms. The van der Waals surface area contributed by atoms with Crippen molar-refractivity contribution in [2.45, 2.75) is 40.8 Å². The number of amides is 1. The summed E-state index contributed by atoms with van der Waals surface area (Å²) < 4.78 is 5.41. The van der Waals surface area contributed by atoms with Crippen LogP contribution in [0.2, 0.25) is 0 Å². The van der Waals surface area contributed by atoms with Crippen molar-refractivity contribution < 1.29 is 9.53 Å². The summed E-state index contributed by atoms with van der Waals surface area (Å²) in [6, 6.07) is 7.80. The number of ether oxygens (including phenoxy) is 1. The number of methoxy groups -OCH3 is 1. The van der Waals surface area contributed by atoms with E-state index < -0.39 is 0 Å². The molecular formula is C21H29N3O2. The predicted molar refractivity (Wildman–Crippen MR) is 105 cm³/mol. The molecule has 0 aliphatic rings. The fourth-order valence-electron chi connectivity index (χ4n) is 2.98. The molecule has 140 valence electrons. The lowest BCUT2D eigenvalue weighted by molar-refractivity contribution is 0.0950. The third-order valence-electron chi connectivity index (χ3n) is 4.68. The SMILES string of the molecule is CCN(CC)Cc1ccc(C(=O)NCc2ncc(C)c(OC)c2C)cc1. The van der Waals surface area contributed by atoms with Crippen molar-refractivity contribution in [1.29, 1.82) is 0 Å². The van der Waals surface area contributed by atoms with E-state index in [1.54, 1.807) is 13.3 Å². The maximum atomic E-state index is 12.4. The van der Waals surface area contributed by atoms with Gasteiger partial charge in [0.05, 0.1) is 19.3 Å². The fraction of sp³-hybridized carbons (Fsp3) is 0.429. The molecule has 0 saturated heterocycles. The molecule has 2 rings (SSSR count). The molecule has 0 radical (unpaired) electrons. The van der Waals surface area contributed by atoms with Gasteiger partial charge in [0.1, 0.15) is 5.75 Å². The number of hydrogen-bond donors (Lipinski definition) is 1. The van der Waals surface area contributed by atoms with Gasteiger partial charge in [0.2, 0.25) is 0 Å². The average Bonchev–Trinajstić information content (AvgIpc) is 2.66. The minimum atomic E-state index is -0.0971. The van der Waals surface area contributed by atoms with Crippen molar-refractivity contribution in [3.63, 3.8) is 0 Å². The van der Waals surface area contributed by atoms with Crippen LogP contribution in [0.25, 0.3) is 0 Å². The Morgan fingerprint density at radius 2 is 1.81 bits per heavy atom. The summed E-state index contributed by atoms with van der Waals surface area (Å²) in [5.74, 6) is 0.727. The smallest absolute Gasteiger partial charge is 0.251 e. The van der Waals surface area contributed by atoms with Crippen LogP contribution < -0.4 is 10.1 Å². The van der Waals surface area contributed by atoms with Crippen LogP contribution >= 0.6 is 0 Å². The van der Waals surface area contributed by atoms with Crippen LogP contribution in [-0.2, 0) is 13.1 Å². The number of hydrogen-bond acceptors (Lipinski definition) is 4. The van der Waals surface area contributed by atoms with Crippen LogP contribution in [0.15, 0.2) is 30.5 Å². The molecular weight excluding hydrogens is 326 g/mol. The Labute approximate surface area is 156 Å². The molecule has 5 heteroatoms. The van der Waals surface area contributed by atoms with Gasteiger partial charge in [-0.2, -0.15) is 0 Å². The van der Waals surface area contributed by atoms with Gasteiger partial charge in [0, 0.05) is 29.4 Å². The van der Waals surface area contributed by atoms with Crippen LogP contribution in [-0.4, -0.2) is 36.0 Å². The number of rotatable bonds is 8. The highest BCUT2D eigenvalue weighted by Crippen LogP contribution is 2.23. The van der Waals surface area contributed by atoms with Crippen molar-refractivity contribution in [2.75, 3.05) is 20.2 Å². The third kappa shape index (κ3) is 4.82. The van der Waals surface area contributed by atoms with Gasteiger partial charge in [-0.15, -0.1) is 0 Å². The van der Waals surface area contributed by atoms with Crippen molar-refractivity contribution in [3.8, 4) is 5.75 Å². The lowest BCUT2D eigenvalue weighted by Gasteiger charge is -2.18. The zero-order valence-electron chi connectivity index (χ0n) is 16.4. The molecule has 1 N–H and O–H groups in total. The van der Waals surface area contributed by atoms with E-state index in [0.29, 0.717) is 12.1 Å². The number of aryl methyl sites for hydroxylation is 1. The van der Waals surface area contributed by atoms with Gasteiger partial charge < -0.3 is 10.1 Å². The second-order valence-electron chi connectivity index (χ2n) is 6.39. The summed E-state index contributed by atoms with van der Waals surface area (Å²) >= 11 is 0. The summed E-state index contributed by atoms with van der Waals surface area (Å²) in [7, 11) is 1.65. The quantitative estimate of drug-likeness (QED) is 0.788. The monoisotopic (exact) mass is 355 g/mol. The molecule has 0 aliphatic carbocycles. The highest BCUT2D eigenvalue weighted by atomic mass is 16.5. The minimum absolute atomic E-state index is 0.0971. The summed E-state index contributed by atoms with van der Waals surface area (Å²) in [5, 5.41) is 2.94. The molecule has 26 heavy (non-hydrogen) atoms. The van der Waals surface area contributed by atoms with E-state index in [4.69, 9.17) is 4.74 Å². The molecule has 0 saturated carbocycles. The Hall–Kier alpha value is -2.40. The Kier molecular flexibility index (Phi) is 7.16. The van der Waals surface area contributed by atoms with Crippen molar-refractivity contribution >= 4 is 5.91 Å². The molecule has 0 atom stereocenters. The van der Waals surface area contributed by atoms with Crippen LogP contribution in [0.3, 0.4) is 0 Å². The first-order valence-corrected chi connectivity index (χ1v) is 9.08. The van der Waals surface area contributed by atoms with Gasteiger partial charge >= 0.3 is 0 Å². The first kappa shape index (κ1) is 19.9. The van der Waals surface area contributed by atoms with Crippen molar-refractivity contribution in [2.24, 2.45) is 0 Å². The molecule has 1 aromatic heterocycles. The lowest BCUT2D eigenvalue weighted by atomic mass is 10.1. The second kappa shape index (κ2) is 9.34. The topological polar surface area (TPSA) is 54.5 Å². The summed E-state index contributed by atoms with van der Waals surface area (Å²) in [6.07, 6.45) is 1.77. The molecule has 0 aliphatic heterocycles. The van der Waals surface area contributed by atoms with E-state index in [2.05, 4.69) is 29.0 Å². The molecule has 2 aromatic rings.